The molecular weight excluding hydrogens is 314 g/mol. The normalized spacial score (nSPS) is 11.0. The third-order valence-corrected chi connectivity index (χ3v) is 4.28. The molecule has 1 aromatic heterocycles. The van der Waals surface area contributed by atoms with Crippen molar-refractivity contribution in [2.45, 2.75) is 26.4 Å². The van der Waals surface area contributed by atoms with E-state index in [0.717, 1.165) is 16.5 Å². The standard InChI is InChI=1S/C20H23N3O2/c1-16-7-8-18-14-21-23(19(18)13-16)10-9-20(25)22(11-12-24)15-17-5-3-2-4-6-17/h2-8,13-14,24H,9-12,15H2,1H3. The third-order valence-electron chi connectivity index (χ3n) is 4.28. The fourth-order valence-corrected chi connectivity index (χ4v) is 2.93. The van der Waals surface area contributed by atoms with Crippen molar-refractivity contribution in [1.29, 1.82) is 0 Å². The highest BCUT2D eigenvalue weighted by atomic mass is 16.3. The summed E-state index contributed by atoms with van der Waals surface area (Å²) in [4.78, 5) is 14.3. The topological polar surface area (TPSA) is 58.4 Å². The number of nitrogens with zero attached hydrogens (tertiary/aromatic N) is 3. The maximum atomic E-state index is 12.6. The SMILES string of the molecule is Cc1ccc2cnn(CCC(=O)N(CCO)Cc3ccccc3)c2c1. The van der Waals surface area contributed by atoms with E-state index in [9.17, 15) is 9.90 Å². The molecule has 0 unspecified atom stereocenters. The van der Waals surface area contributed by atoms with Gasteiger partial charge in [0.25, 0.3) is 0 Å². The summed E-state index contributed by atoms with van der Waals surface area (Å²) in [5.74, 6) is 0.0224. The summed E-state index contributed by atoms with van der Waals surface area (Å²) in [5.41, 5.74) is 3.28. The first-order chi connectivity index (χ1) is 12.2. The van der Waals surface area contributed by atoms with E-state index < -0.39 is 0 Å². The van der Waals surface area contributed by atoms with Crippen molar-refractivity contribution in [3.8, 4) is 0 Å². The Balaban J connectivity index is 1.67. The van der Waals surface area contributed by atoms with Crippen LogP contribution in [0.3, 0.4) is 0 Å². The summed E-state index contributed by atoms with van der Waals surface area (Å²) >= 11 is 0. The van der Waals surface area contributed by atoms with Gasteiger partial charge in [-0.25, -0.2) is 0 Å². The van der Waals surface area contributed by atoms with Gasteiger partial charge in [-0.3, -0.25) is 9.48 Å². The second-order valence-electron chi connectivity index (χ2n) is 6.20. The fraction of sp³-hybridized carbons (Fsp3) is 0.300. The zero-order chi connectivity index (χ0) is 17.6. The number of amides is 1. The minimum Gasteiger partial charge on any atom is -0.395 e. The van der Waals surface area contributed by atoms with Crippen LogP contribution in [0.4, 0.5) is 0 Å². The molecule has 0 bridgehead atoms. The van der Waals surface area contributed by atoms with E-state index in [1.807, 2.05) is 54.2 Å². The molecule has 5 nitrogen and oxygen atoms in total. The van der Waals surface area contributed by atoms with Gasteiger partial charge in [-0.2, -0.15) is 5.10 Å². The van der Waals surface area contributed by atoms with Crippen molar-refractivity contribution < 1.29 is 9.90 Å². The molecule has 1 N–H and O–H groups in total. The van der Waals surface area contributed by atoms with E-state index in [-0.39, 0.29) is 12.5 Å². The Labute approximate surface area is 147 Å². The lowest BCUT2D eigenvalue weighted by molar-refractivity contribution is -0.132. The van der Waals surface area contributed by atoms with Gasteiger partial charge in [-0.15, -0.1) is 0 Å². The van der Waals surface area contributed by atoms with Crippen LogP contribution < -0.4 is 0 Å². The Morgan fingerprint density at radius 3 is 2.76 bits per heavy atom. The van der Waals surface area contributed by atoms with Crippen LogP contribution in [0.5, 0.6) is 0 Å². The fourth-order valence-electron chi connectivity index (χ4n) is 2.93. The Kier molecular flexibility index (Phi) is 5.46. The van der Waals surface area contributed by atoms with Crippen molar-refractivity contribution >= 4 is 16.8 Å². The highest BCUT2D eigenvalue weighted by molar-refractivity contribution is 5.80. The van der Waals surface area contributed by atoms with E-state index in [2.05, 4.69) is 17.2 Å². The van der Waals surface area contributed by atoms with Crippen molar-refractivity contribution in [1.82, 2.24) is 14.7 Å². The second-order valence-corrected chi connectivity index (χ2v) is 6.20. The molecule has 0 spiro atoms. The molecule has 1 heterocycles. The number of hydrogen-bond donors (Lipinski definition) is 1. The Bertz CT molecular complexity index is 843. The van der Waals surface area contributed by atoms with Crippen molar-refractivity contribution in [2.24, 2.45) is 0 Å². The molecule has 130 valence electrons. The number of carbonyl (C=O) groups excluding carboxylic acids is 1. The van der Waals surface area contributed by atoms with E-state index in [0.29, 0.717) is 26.1 Å². The van der Waals surface area contributed by atoms with Gasteiger partial charge in [-0.05, 0) is 24.1 Å². The van der Waals surface area contributed by atoms with Gasteiger partial charge in [0, 0.05) is 24.9 Å². The molecule has 2 aromatic carbocycles. The lowest BCUT2D eigenvalue weighted by Crippen LogP contribution is -2.33. The van der Waals surface area contributed by atoms with Crippen LogP contribution in [-0.2, 0) is 17.9 Å². The highest BCUT2D eigenvalue weighted by Crippen LogP contribution is 2.16. The van der Waals surface area contributed by atoms with E-state index in [4.69, 9.17) is 0 Å². The van der Waals surface area contributed by atoms with E-state index >= 15 is 0 Å². The van der Waals surface area contributed by atoms with Gasteiger partial charge in [0.05, 0.1) is 24.9 Å². The van der Waals surface area contributed by atoms with Crippen molar-refractivity contribution in [2.75, 3.05) is 13.2 Å². The predicted octanol–water partition coefficient (Wildman–Crippen LogP) is 2.76. The van der Waals surface area contributed by atoms with Crippen LogP contribution in [0.15, 0.2) is 54.7 Å². The number of rotatable bonds is 7. The first-order valence-electron chi connectivity index (χ1n) is 8.52. The van der Waals surface area contributed by atoms with E-state index in [1.54, 1.807) is 4.90 Å². The van der Waals surface area contributed by atoms with Gasteiger partial charge in [-0.1, -0.05) is 42.5 Å². The number of aryl methyl sites for hydroxylation is 2. The summed E-state index contributed by atoms with van der Waals surface area (Å²) in [5, 5.41) is 14.7. The number of aromatic nitrogens is 2. The van der Waals surface area contributed by atoms with Crippen LogP contribution in [0.25, 0.3) is 10.9 Å². The third kappa shape index (κ3) is 4.25. The molecule has 3 aromatic rings. The number of hydrogen-bond acceptors (Lipinski definition) is 3. The maximum Gasteiger partial charge on any atom is 0.224 e. The second kappa shape index (κ2) is 7.94. The first kappa shape index (κ1) is 17.2. The monoisotopic (exact) mass is 337 g/mol. The molecule has 0 aliphatic heterocycles. The van der Waals surface area contributed by atoms with Gasteiger partial charge < -0.3 is 10.0 Å². The Morgan fingerprint density at radius 1 is 1.20 bits per heavy atom. The van der Waals surface area contributed by atoms with Crippen LogP contribution in [0.1, 0.15) is 17.5 Å². The molecule has 0 aliphatic carbocycles. The molecule has 0 fully saturated rings. The zero-order valence-corrected chi connectivity index (χ0v) is 14.4. The number of benzene rings is 2. The van der Waals surface area contributed by atoms with Crippen molar-refractivity contribution in [3.05, 3.63) is 65.9 Å². The van der Waals surface area contributed by atoms with Crippen LogP contribution in [-0.4, -0.2) is 38.8 Å². The van der Waals surface area contributed by atoms with Crippen LogP contribution >= 0.6 is 0 Å². The summed E-state index contributed by atoms with van der Waals surface area (Å²) in [6.45, 7) is 3.39. The lowest BCUT2D eigenvalue weighted by atomic mass is 10.2. The number of aliphatic hydroxyl groups is 1. The smallest absolute Gasteiger partial charge is 0.224 e. The van der Waals surface area contributed by atoms with Crippen molar-refractivity contribution in [3.63, 3.8) is 0 Å². The largest absolute Gasteiger partial charge is 0.395 e. The van der Waals surface area contributed by atoms with E-state index in [1.165, 1.54) is 5.56 Å². The average molecular weight is 337 g/mol. The quantitative estimate of drug-likeness (QED) is 0.721. The molecule has 25 heavy (non-hydrogen) atoms. The number of fused-ring (bicyclic) bond motifs is 1. The molecule has 0 saturated carbocycles. The van der Waals surface area contributed by atoms with Gasteiger partial charge in [0.1, 0.15) is 0 Å². The minimum atomic E-state index is -0.0392. The molecule has 1 amide bonds. The number of aliphatic hydroxyl groups excluding tert-OH is 1. The van der Waals surface area contributed by atoms with Gasteiger partial charge in [0.15, 0.2) is 0 Å². The first-order valence-corrected chi connectivity index (χ1v) is 8.52. The Hall–Kier alpha value is -2.66. The van der Waals surface area contributed by atoms with Crippen LogP contribution in [0, 0.1) is 6.92 Å². The lowest BCUT2D eigenvalue weighted by Gasteiger charge is -2.22. The molecule has 0 radical (unpaired) electrons. The summed E-state index contributed by atoms with van der Waals surface area (Å²) in [6.07, 6.45) is 2.19. The Morgan fingerprint density at radius 2 is 2.00 bits per heavy atom. The zero-order valence-electron chi connectivity index (χ0n) is 14.4. The molecular formula is C20H23N3O2. The molecule has 0 atom stereocenters. The molecule has 3 rings (SSSR count). The molecule has 0 saturated heterocycles. The van der Waals surface area contributed by atoms with Crippen LogP contribution in [0.2, 0.25) is 0 Å². The summed E-state index contributed by atoms with van der Waals surface area (Å²) < 4.78 is 1.87. The highest BCUT2D eigenvalue weighted by Gasteiger charge is 2.14. The van der Waals surface area contributed by atoms with Gasteiger partial charge in [0.2, 0.25) is 5.91 Å². The predicted molar refractivity (Wildman–Crippen MR) is 98.0 cm³/mol. The maximum absolute atomic E-state index is 12.6. The molecule has 0 aliphatic rings. The van der Waals surface area contributed by atoms with Gasteiger partial charge >= 0.3 is 0 Å². The summed E-state index contributed by atoms with van der Waals surface area (Å²) in [7, 11) is 0. The summed E-state index contributed by atoms with van der Waals surface area (Å²) in [6, 6.07) is 16.0. The minimum absolute atomic E-state index is 0.0224. The molecule has 5 heteroatoms. The number of carbonyl (C=O) groups is 1. The average Bonchev–Trinajstić information content (AvgIpc) is 3.02.